The van der Waals surface area contributed by atoms with Crippen molar-refractivity contribution in [3.8, 4) is 0 Å². The fourth-order valence-corrected chi connectivity index (χ4v) is 2.58. The molecule has 1 fully saturated rings. The number of halogens is 1. The van der Waals surface area contributed by atoms with E-state index in [-0.39, 0.29) is 17.7 Å². The third kappa shape index (κ3) is 3.22. The number of carbonyl (C=O) groups is 2. The topological polar surface area (TPSA) is 66.4 Å². The van der Waals surface area contributed by atoms with Crippen LogP contribution in [0.25, 0.3) is 0 Å². The highest BCUT2D eigenvalue weighted by Gasteiger charge is 2.33. The maximum atomic E-state index is 12.0. The van der Waals surface area contributed by atoms with Crippen LogP contribution < -0.4 is 5.32 Å². The van der Waals surface area contributed by atoms with E-state index in [0.29, 0.717) is 19.3 Å². The predicted octanol–water partition coefficient (Wildman–Crippen LogP) is 2.73. The summed E-state index contributed by atoms with van der Waals surface area (Å²) < 4.78 is 1.11. The van der Waals surface area contributed by atoms with Gasteiger partial charge in [-0.1, -0.05) is 0 Å². The Labute approximate surface area is 119 Å². The number of carboxylic acids is 1. The lowest BCUT2D eigenvalue weighted by Crippen LogP contribution is -2.21. The Morgan fingerprint density at radius 1 is 1.17 bits per heavy atom. The molecule has 1 aliphatic rings. The number of carboxylic acid groups (broad SMARTS) is 1. The van der Waals surface area contributed by atoms with Crippen LogP contribution in [0.5, 0.6) is 0 Å². The Bertz CT molecular complexity index is 458. The Hall–Kier alpha value is -1.11. The number of amides is 1. The van der Waals surface area contributed by atoms with Crippen molar-refractivity contribution >= 4 is 40.2 Å². The number of benzene rings is 1. The number of hydrogen-bond acceptors (Lipinski definition) is 2. The van der Waals surface area contributed by atoms with Crippen LogP contribution in [0.3, 0.4) is 0 Å². The standard InChI is InChI=1S/C13H14INO3/c14-10-3-5-11(6-4-10)15-12(16)8-1-2-9(7-8)13(17)18/h3-6,8-9H,1-2,7H2,(H,15,16)(H,17,18). The molecule has 2 atom stereocenters. The van der Waals surface area contributed by atoms with Crippen LogP contribution in [-0.4, -0.2) is 17.0 Å². The number of rotatable bonds is 3. The van der Waals surface area contributed by atoms with E-state index in [4.69, 9.17) is 5.11 Å². The molecule has 2 rings (SSSR count). The zero-order chi connectivity index (χ0) is 13.1. The molecule has 2 N–H and O–H groups in total. The number of aliphatic carboxylic acids is 1. The summed E-state index contributed by atoms with van der Waals surface area (Å²) in [5.41, 5.74) is 0.763. The molecule has 1 aliphatic carbocycles. The zero-order valence-corrected chi connectivity index (χ0v) is 11.9. The van der Waals surface area contributed by atoms with Crippen molar-refractivity contribution < 1.29 is 14.7 Å². The van der Waals surface area contributed by atoms with Crippen LogP contribution in [0.1, 0.15) is 19.3 Å². The summed E-state index contributed by atoms with van der Waals surface area (Å²) in [6.45, 7) is 0. The van der Waals surface area contributed by atoms with Gasteiger partial charge in [0.15, 0.2) is 0 Å². The van der Waals surface area contributed by atoms with Gasteiger partial charge in [0, 0.05) is 15.2 Å². The minimum Gasteiger partial charge on any atom is -0.481 e. The van der Waals surface area contributed by atoms with Gasteiger partial charge in [-0.15, -0.1) is 0 Å². The van der Waals surface area contributed by atoms with Crippen LogP contribution in [0.15, 0.2) is 24.3 Å². The molecule has 0 saturated heterocycles. The van der Waals surface area contributed by atoms with Crippen molar-refractivity contribution in [1.29, 1.82) is 0 Å². The van der Waals surface area contributed by atoms with Crippen LogP contribution in [0, 0.1) is 15.4 Å². The summed E-state index contributed by atoms with van der Waals surface area (Å²) in [5.74, 6) is -1.40. The average molecular weight is 359 g/mol. The number of carbonyl (C=O) groups excluding carboxylic acids is 1. The summed E-state index contributed by atoms with van der Waals surface area (Å²) in [6.07, 6.45) is 1.71. The molecule has 0 heterocycles. The molecular weight excluding hydrogens is 345 g/mol. The first-order valence-electron chi connectivity index (χ1n) is 5.85. The quantitative estimate of drug-likeness (QED) is 0.816. The molecule has 5 heteroatoms. The van der Waals surface area contributed by atoms with Gasteiger partial charge in [0.1, 0.15) is 0 Å². The second-order valence-corrected chi connectivity index (χ2v) is 5.79. The van der Waals surface area contributed by atoms with Gasteiger partial charge in [0.25, 0.3) is 0 Å². The van der Waals surface area contributed by atoms with Gasteiger partial charge in [-0.05, 0) is 66.1 Å². The first-order chi connectivity index (χ1) is 8.56. The monoisotopic (exact) mass is 359 g/mol. The Morgan fingerprint density at radius 3 is 2.33 bits per heavy atom. The molecule has 2 unspecified atom stereocenters. The molecule has 1 aromatic rings. The number of hydrogen-bond donors (Lipinski definition) is 2. The highest BCUT2D eigenvalue weighted by atomic mass is 127. The Kier molecular flexibility index (Phi) is 4.21. The molecule has 1 saturated carbocycles. The van der Waals surface area contributed by atoms with Crippen LogP contribution in [-0.2, 0) is 9.59 Å². The number of anilines is 1. The molecule has 0 bridgehead atoms. The molecule has 0 spiro atoms. The second-order valence-electron chi connectivity index (χ2n) is 4.54. The largest absolute Gasteiger partial charge is 0.481 e. The molecule has 4 nitrogen and oxygen atoms in total. The van der Waals surface area contributed by atoms with Gasteiger partial charge in [0.2, 0.25) is 5.91 Å². The fourth-order valence-electron chi connectivity index (χ4n) is 2.22. The smallest absolute Gasteiger partial charge is 0.306 e. The van der Waals surface area contributed by atoms with Crippen LogP contribution >= 0.6 is 22.6 Å². The van der Waals surface area contributed by atoms with E-state index in [9.17, 15) is 9.59 Å². The molecule has 0 radical (unpaired) electrons. The van der Waals surface area contributed by atoms with Crippen molar-refractivity contribution in [2.45, 2.75) is 19.3 Å². The lowest BCUT2D eigenvalue weighted by atomic mass is 10.0. The van der Waals surface area contributed by atoms with Crippen molar-refractivity contribution in [2.24, 2.45) is 11.8 Å². The second kappa shape index (κ2) is 5.69. The summed E-state index contributed by atoms with van der Waals surface area (Å²) in [4.78, 5) is 22.8. The van der Waals surface area contributed by atoms with Gasteiger partial charge >= 0.3 is 5.97 Å². The van der Waals surface area contributed by atoms with Crippen molar-refractivity contribution in [3.05, 3.63) is 27.8 Å². The highest BCUT2D eigenvalue weighted by molar-refractivity contribution is 14.1. The molecule has 0 aromatic heterocycles. The maximum absolute atomic E-state index is 12.0. The van der Waals surface area contributed by atoms with Crippen LogP contribution in [0.2, 0.25) is 0 Å². The third-order valence-electron chi connectivity index (χ3n) is 3.26. The van der Waals surface area contributed by atoms with E-state index in [1.165, 1.54) is 0 Å². The predicted molar refractivity (Wildman–Crippen MR) is 76.3 cm³/mol. The average Bonchev–Trinajstić information content (AvgIpc) is 2.81. The van der Waals surface area contributed by atoms with Crippen molar-refractivity contribution in [3.63, 3.8) is 0 Å². The first-order valence-corrected chi connectivity index (χ1v) is 6.93. The van der Waals surface area contributed by atoms with E-state index in [1.54, 1.807) is 0 Å². The van der Waals surface area contributed by atoms with Gasteiger partial charge < -0.3 is 10.4 Å². The van der Waals surface area contributed by atoms with Gasteiger partial charge in [-0.2, -0.15) is 0 Å². The summed E-state index contributed by atoms with van der Waals surface area (Å²) in [7, 11) is 0. The Balaban J connectivity index is 1.93. The summed E-state index contributed by atoms with van der Waals surface area (Å²) >= 11 is 2.20. The lowest BCUT2D eigenvalue weighted by Gasteiger charge is -2.10. The van der Waals surface area contributed by atoms with E-state index < -0.39 is 5.97 Å². The minimum atomic E-state index is -0.792. The molecule has 1 aromatic carbocycles. The zero-order valence-electron chi connectivity index (χ0n) is 9.73. The SMILES string of the molecule is O=C(O)C1CCC(C(=O)Nc2ccc(I)cc2)C1. The molecule has 18 heavy (non-hydrogen) atoms. The van der Waals surface area contributed by atoms with Crippen molar-refractivity contribution in [2.75, 3.05) is 5.32 Å². The van der Waals surface area contributed by atoms with Gasteiger partial charge in [0.05, 0.1) is 5.92 Å². The van der Waals surface area contributed by atoms with Gasteiger partial charge in [-0.3, -0.25) is 9.59 Å². The molecule has 96 valence electrons. The van der Waals surface area contributed by atoms with E-state index in [1.807, 2.05) is 24.3 Å². The third-order valence-corrected chi connectivity index (χ3v) is 3.98. The maximum Gasteiger partial charge on any atom is 0.306 e. The van der Waals surface area contributed by atoms with Crippen LogP contribution in [0.4, 0.5) is 5.69 Å². The Morgan fingerprint density at radius 2 is 1.78 bits per heavy atom. The lowest BCUT2D eigenvalue weighted by molar-refractivity contribution is -0.141. The normalized spacial score (nSPS) is 22.7. The van der Waals surface area contributed by atoms with E-state index >= 15 is 0 Å². The number of nitrogens with one attached hydrogen (secondary N) is 1. The summed E-state index contributed by atoms with van der Waals surface area (Å²) in [5, 5.41) is 11.7. The first kappa shape index (κ1) is 13.3. The molecule has 1 amide bonds. The van der Waals surface area contributed by atoms with Crippen molar-refractivity contribution in [1.82, 2.24) is 0 Å². The molecule has 0 aliphatic heterocycles. The molecular formula is C13H14INO3. The van der Waals surface area contributed by atoms with Gasteiger partial charge in [-0.25, -0.2) is 0 Å². The fraction of sp³-hybridized carbons (Fsp3) is 0.385. The van der Waals surface area contributed by atoms with E-state index in [2.05, 4.69) is 27.9 Å². The minimum absolute atomic E-state index is 0.0695. The van der Waals surface area contributed by atoms with E-state index in [0.717, 1.165) is 9.26 Å². The summed E-state index contributed by atoms with van der Waals surface area (Å²) in [6, 6.07) is 7.54. The highest BCUT2D eigenvalue weighted by Crippen LogP contribution is 2.31.